The summed E-state index contributed by atoms with van der Waals surface area (Å²) in [4.78, 5) is 28.1. The summed E-state index contributed by atoms with van der Waals surface area (Å²) < 4.78 is 5.15. The van der Waals surface area contributed by atoms with Crippen molar-refractivity contribution in [2.45, 2.75) is 12.5 Å². The van der Waals surface area contributed by atoms with Gasteiger partial charge in [0.1, 0.15) is 11.9 Å². The third-order valence-electron chi connectivity index (χ3n) is 4.08. The molecule has 0 spiro atoms. The Hall–Kier alpha value is -1.73. The van der Waals surface area contributed by atoms with Crippen LogP contribution in [0.15, 0.2) is 24.3 Å². The number of thioether (sulfide) groups is 1. The number of aliphatic hydroxyl groups excluding tert-OH is 1. The Morgan fingerprint density at radius 1 is 1.25 bits per heavy atom. The number of amides is 2. The van der Waals surface area contributed by atoms with Gasteiger partial charge in [-0.3, -0.25) is 9.59 Å². The summed E-state index contributed by atoms with van der Waals surface area (Å²) in [5.74, 6) is 1.09. The minimum absolute atomic E-state index is 0.0658. The molecular formula is C17H24N2O4S. The monoisotopic (exact) mass is 352 g/mol. The van der Waals surface area contributed by atoms with Crippen molar-refractivity contribution in [2.24, 2.45) is 0 Å². The van der Waals surface area contributed by atoms with Crippen LogP contribution >= 0.6 is 11.8 Å². The Labute approximate surface area is 146 Å². The molecule has 2 rings (SSSR count). The number of nitrogens with zero attached hydrogens (tertiary/aromatic N) is 2. The van der Waals surface area contributed by atoms with Crippen molar-refractivity contribution in [1.82, 2.24) is 9.80 Å². The largest absolute Gasteiger partial charge is 0.497 e. The molecule has 0 aliphatic carbocycles. The lowest BCUT2D eigenvalue weighted by atomic mass is 10.1. The average Bonchev–Trinajstić information content (AvgIpc) is 2.65. The Bertz CT molecular complexity index is 573. The molecule has 0 bridgehead atoms. The number of methoxy groups -OCH3 is 1. The lowest BCUT2D eigenvalue weighted by Crippen LogP contribution is -2.53. The molecule has 1 aliphatic heterocycles. The van der Waals surface area contributed by atoms with Crippen LogP contribution in [-0.2, 0) is 4.79 Å². The lowest BCUT2D eigenvalue weighted by Gasteiger charge is -2.35. The van der Waals surface area contributed by atoms with Crippen LogP contribution in [0.2, 0.25) is 0 Å². The number of carbonyl (C=O) groups excluding carboxylic acids is 2. The molecule has 1 unspecified atom stereocenters. The van der Waals surface area contributed by atoms with E-state index >= 15 is 0 Å². The highest BCUT2D eigenvalue weighted by molar-refractivity contribution is 7.98. The summed E-state index contributed by atoms with van der Waals surface area (Å²) >= 11 is 1.61. The van der Waals surface area contributed by atoms with Gasteiger partial charge in [-0.1, -0.05) is 6.07 Å². The van der Waals surface area contributed by atoms with Crippen molar-refractivity contribution < 1.29 is 19.4 Å². The van der Waals surface area contributed by atoms with Gasteiger partial charge in [0.05, 0.1) is 7.11 Å². The van der Waals surface area contributed by atoms with Gasteiger partial charge in [-0.2, -0.15) is 11.8 Å². The quantitative estimate of drug-likeness (QED) is 0.830. The number of hydrogen-bond donors (Lipinski definition) is 1. The van der Waals surface area contributed by atoms with E-state index in [1.165, 1.54) is 0 Å². The first kappa shape index (κ1) is 18.6. The molecule has 24 heavy (non-hydrogen) atoms. The van der Waals surface area contributed by atoms with Crippen LogP contribution in [-0.4, -0.2) is 78.1 Å². The Morgan fingerprint density at radius 2 is 1.92 bits per heavy atom. The molecule has 1 saturated heterocycles. The van der Waals surface area contributed by atoms with Gasteiger partial charge >= 0.3 is 0 Å². The van der Waals surface area contributed by atoms with E-state index in [9.17, 15) is 14.7 Å². The number of ether oxygens (including phenoxy) is 1. The Balaban J connectivity index is 1.89. The van der Waals surface area contributed by atoms with Crippen LogP contribution in [0.3, 0.4) is 0 Å². The number of aliphatic hydroxyl groups is 1. The van der Waals surface area contributed by atoms with Crippen molar-refractivity contribution >= 4 is 23.6 Å². The molecule has 7 heteroatoms. The number of piperazine rings is 1. The van der Waals surface area contributed by atoms with Crippen LogP contribution in [0.5, 0.6) is 5.75 Å². The van der Waals surface area contributed by atoms with E-state index in [0.717, 1.165) is 5.75 Å². The van der Waals surface area contributed by atoms with Crippen LogP contribution in [0.1, 0.15) is 16.8 Å². The SMILES string of the molecule is COc1cccc(C(=O)N2CCN(C(=O)C(O)CCSC)CC2)c1. The smallest absolute Gasteiger partial charge is 0.254 e. The highest BCUT2D eigenvalue weighted by Crippen LogP contribution is 2.16. The summed E-state index contributed by atoms with van der Waals surface area (Å²) in [6.07, 6.45) is 1.46. The number of rotatable bonds is 6. The van der Waals surface area contributed by atoms with Gasteiger partial charge in [-0.05, 0) is 36.6 Å². The van der Waals surface area contributed by atoms with Gasteiger partial charge in [0.15, 0.2) is 0 Å². The minimum Gasteiger partial charge on any atom is -0.497 e. The second-order valence-corrected chi connectivity index (χ2v) is 6.63. The first-order valence-electron chi connectivity index (χ1n) is 7.96. The Morgan fingerprint density at radius 3 is 2.54 bits per heavy atom. The average molecular weight is 352 g/mol. The lowest BCUT2D eigenvalue weighted by molar-refractivity contribution is -0.141. The standard InChI is InChI=1S/C17H24N2O4S/c1-23-14-5-3-4-13(12-14)16(21)18-7-9-19(10-8-18)17(22)15(20)6-11-24-2/h3-5,12,15,20H,6-11H2,1-2H3. The van der Waals surface area contributed by atoms with E-state index in [-0.39, 0.29) is 11.8 Å². The van der Waals surface area contributed by atoms with E-state index in [0.29, 0.717) is 43.9 Å². The number of carbonyl (C=O) groups is 2. The molecule has 1 fully saturated rings. The molecular weight excluding hydrogens is 328 g/mol. The number of benzene rings is 1. The second kappa shape index (κ2) is 8.94. The van der Waals surface area contributed by atoms with Gasteiger partial charge < -0.3 is 19.6 Å². The molecule has 1 aromatic carbocycles. The van der Waals surface area contributed by atoms with Gasteiger partial charge in [0.2, 0.25) is 0 Å². The predicted molar refractivity (Wildman–Crippen MR) is 94.5 cm³/mol. The molecule has 1 aliphatic rings. The van der Waals surface area contributed by atoms with Crippen molar-refractivity contribution in [2.75, 3.05) is 45.3 Å². The van der Waals surface area contributed by atoms with Crippen LogP contribution in [0.25, 0.3) is 0 Å². The first-order valence-corrected chi connectivity index (χ1v) is 9.35. The van der Waals surface area contributed by atoms with Gasteiger partial charge in [0.25, 0.3) is 11.8 Å². The van der Waals surface area contributed by atoms with E-state index in [2.05, 4.69) is 0 Å². The molecule has 6 nitrogen and oxygen atoms in total. The predicted octanol–water partition coefficient (Wildman–Crippen LogP) is 1.09. The van der Waals surface area contributed by atoms with Crippen molar-refractivity contribution in [3.63, 3.8) is 0 Å². The number of hydrogen-bond acceptors (Lipinski definition) is 5. The summed E-state index contributed by atoms with van der Waals surface area (Å²) in [7, 11) is 1.57. The highest BCUT2D eigenvalue weighted by atomic mass is 32.2. The third kappa shape index (κ3) is 4.64. The maximum atomic E-state index is 12.5. The zero-order valence-corrected chi connectivity index (χ0v) is 14.9. The molecule has 2 amide bonds. The fourth-order valence-corrected chi connectivity index (χ4v) is 3.09. The van der Waals surface area contributed by atoms with E-state index in [4.69, 9.17) is 4.74 Å². The van der Waals surface area contributed by atoms with Crippen molar-refractivity contribution in [3.8, 4) is 5.75 Å². The zero-order valence-electron chi connectivity index (χ0n) is 14.1. The molecule has 1 heterocycles. The van der Waals surface area contributed by atoms with Gasteiger partial charge in [0, 0.05) is 31.7 Å². The molecule has 132 valence electrons. The highest BCUT2D eigenvalue weighted by Gasteiger charge is 2.28. The minimum atomic E-state index is -0.946. The summed E-state index contributed by atoms with van der Waals surface area (Å²) in [5.41, 5.74) is 0.578. The third-order valence-corrected chi connectivity index (χ3v) is 4.72. The van der Waals surface area contributed by atoms with Gasteiger partial charge in [-0.15, -0.1) is 0 Å². The molecule has 0 radical (unpaired) electrons. The van der Waals surface area contributed by atoms with Gasteiger partial charge in [-0.25, -0.2) is 0 Å². The molecule has 0 saturated carbocycles. The van der Waals surface area contributed by atoms with Crippen LogP contribution in [0, 0.1) is 0 Å². The molecule has 1 atom stereocenters. The van der Waals surface area contributed by atoms with Crippen molar-refractivity contribution in [3.05, 3.63) is 29.8 Å². The summed E-state index contributed by atoms with van der Waals surface area (Å²) in [6, 6.07) is 7.05. The fourth-order valence-electron chi connectivity index (χ4n) is 2.63. The van der Waals surface area contributed by atoms with E-state index in [1.54, 1.807) is 52.9 Å². The van der Waals surface area contributed by atoms with Crippen molar-refractivity contribution in [1.29, 1.82) is 0 Å². The Kier molecular flexibility index (Phi) is 6.93. The van der Waals surface area contributed by atoms with E-state index in [1.807, 2.05) is 6.26 Å². The summed E-state index contributed by atoms with van der Waals surface area (Å²) in [6.45, 7) is 1.84. The maximum absolute atomic E-state index is 12.5. The first-order chi connectivity index (χ1) is 11.6. The van der Waals surface area contributed by atoms with E-state index < -0.39 is 6.10 Å². The molecule has 1 N–H and O–H groups in total. The second-order valence-electron chi connectivity index (χ2n) is 5.65. The zero-order chi connectivity index (χ0) is 17.5. The summed E-state index contributed by atoms with van der Waals surface area (Å²) in [5, 5.41) is 9.91. The van der Waals surface area contributed by atoms with Crippen LogP contribution in [0.4, 0.5) is 0 Å². The molecule has 1 aromatic rings. The normalized spacial score (nSPS) is 16.0. The van der Waals surface area contributed by atoms with Crippen LogP contribution < -0.4 is 4.74 Å². The maximum Gasteiger partial charge on any atom is 0.254 e. The fraction of sp³-hybridized carbons (Fsp3) is 0.529. The topological polar surface area (TPSA) is 70.1 Å². The molecule has 0 aromatic heterocycles.